The summed E-state index contributed by atoms with van der Waals surface area (Å²) < 4.78 is 11.6. The van der Waals surface area contributed by atoms with E-state index in [9.17, 15) is 14.7 Å². The molecule has 0 radical (unpaired) electrons. The van der Waals surface area contributed by atoms with Crippen molar-refractivity contribution in [2.75, 3.05) is 13.2 Å². The fourth-order valence-electron chi connectivity index (χ4n) is 2.66. The number of hydrogen-bond acceptors (Lipinski definition) is 6. The first kappa shape index (κ1) is 19.0. The largest absolute Gasteiger partial charge is 0.506 e. The van der Waals surface area contributed by atoms with Gasteiger partial charge < -0.3 is 19.4 Å². The lowest BCUT2D eigenvalue weighted by Crippen LogP contribution is -2.32. The Morgan fingerprint density at radius 2 is 1.93 bits per heavy atom. The maximum absolute atomic E-state index is 12.7. The van der Waals surface area contributed by atoms with Crippen LogP contribution in [0.25, 0.3) is 10.9 Å². The molecule has 0 unspecified atom stereocenters. The minimum absolute atomic E-state index is 0.0321. The Bertz CT molecular complexity index is 1070. The Morgan fingerprint density at radius 1 is 1.18 bits per heavy atom. The summed E-state index contributed by atoms with van der Waals surface area (Å²) in [6.45, 7) is 5.24. The van der Waals surface area contributed by atoms with E-state index < -0.39 is 22.8 Å². The number of nitrogens with zero attached hydrogens (tertiary/aromatic N) is 1. The number of aromatic nitrogens is 1. The SMILES string of the molecule is C=CCOn1c(=O)c(C(=O)OCC)c(O)c2cc(Oc3ccccc3)ccc21. The van der Waals surface area contributed by atoms with Crippen LogP contribution in [0.1, 0.15) is 17.3 Å². The molecule has 1 heterocycles. The molecule has 3 aromatic rings. The van der Waals surface area contributed by atoms with Gasteiger partial charge in [-0.3, -0.25) is 4.79 Å². The highest BCUT2D eigenvalue weighted by molar-refractivity contribution is 5.99. The van der Waals surface area contributed by atoms with Crippen LogP contribution < -0.4 is 15.1 Å². The Kier molecular flexibility index (Phi) is 5.64. The van der Waals surface area contributed by atoms with Crippen LogP contribution in [-0.2, 0) is 4.74 Å². The van der Waals surface area contributed by atoms with Crippen molar-refractivity contribution < 1.29 is 24.2 Å². The molecule has 0 bridgehead atoms. The molecule has 0 aliphatic rings. The van der Waals surface area contributed by atoms with Crippen LogP contribution in [0.15, 0.2) is 66.0 Å². The number of pyridine rings is 1. The van der Waals surface area contributed by atoms with E-state index in [1.807, 2.05) is 18.2 Å². The maximum atomic E-state index is 12.7. The zero-order valence-corrected chi connectivity index (χ0v) is 15.3. The van der Waals surface area contributed by atoms with E-state index in [1.54, 1.807) is 31.2 Å². The molecule has 0 atom stereocenters. The minimum Gasteiger partial charge on any atom is -0.506 e. The summed E-state index contributed by atoms with van der Waals surface area (Å²) in [4.78, 5) is 30.4. The van der Waals surface area contributed by atoms with E-state index in [2.05, 4.69) is 6.58 Å². The minimum atomic E-state index is -0.933. The molecule has 0 fully saturated rings. The van der Waals surface area contributed by atoms with Crippen LogP contribution in [0.2, 0.25) is 0 Å². The highest BCUT2D eigenvalue weighted by atomic mass is 16.7. The van der Waals surface area contributed by atoms with Crippen LogP contribution in [0.4, 0.5) is 0 Å². The van der Waals surface area contributed by atoms with Crippen molar-refractivity contribution in [2.24, 2.45) is 0 Å². The van der Waals surface area contributed by atoms with Gasteiger partial charge in [0.15, 0.2) is 5.56 Å². The van der Waals surface area contributed by atoms with Gasteiger partial charge in [0, 0.05) is 5.39 Å². The van der Waals surface area contributed by atoms with Crippen molar-refractivity contribution in [1.29, 1.82) is 0 Å². The number of ether oxygens (including phenoxy) is 2. The van der Waals surface area contributed by atoms with E-state index in [-0.39, 0.29) is 24.1 Å². The number of para-hydroxylation sites is 1. The zero-order chi connectivity index (χ0) is 20.1. The molecule has 1 aromatic heterocycles. The second kappa shape index (κ2) is 8.30. The second-order valence-corrected chi connectivity index (χ2v) is 5.72. The molecule has 7 nitrogen and oxygen atoms in total. The second-order valence-electron chi connectivity index (χ2n) is 5.72. The van der Waals surface area contributed by atoms with Crippen molar-refractivity contribution in [3.05, 3.63) is 77.1 Å². The van der Waals surface area contributed by atoms with E-state index in [0.717, 1.165) is 4.73 Å². The monoisotopic (exact) mass is 381 g/mol. The number of carbonyl (C=O) groups is 1. The maximum Gasteiger partial charge on any atom is 0.347 e. The fraction of sp³-hybridized carbons (Fsp3) is 0.143. The summed E-state index contributed by atoms with van der Waals surface area (Å²) in [5.74, 6) is -0.409. The fourth-order valence-corrected chi connectivity index (χ4v) is 2.66. The first-order chi connectivity index (χ1) is 13.6. The number of benzene rings is 2. The molecule has 0 saturated heterocycles. The molecular formula is C21H19NO6. The molecule has 3 rings (SSSR count). The molecule has 0 aliphatic carbocycles. The van der Waals surface area contributed by atoms with E-state index in [4.69, 9.17) is 14.3 Å². The van der Waals surface area contributed by atoms with Crippen LogP contribution in [0.3, 0.4) is 0 Å². The first-order valence-corrected chi connectivity index (χ1v) is 8.62. The third kappa shape index (κ3) is 3.68. The predicted octanol–water partition coefficient (Wildman–Crippen LogP) is 3.29. The molecule has 144 valence electrons. The number of aromatic hydroxyl groups is 1. The van der Waals surface area contributed by atoms with Crippen molar-refractivity contribution in [3.63, 3.8) is 0 Å². The lowest BCUT2D eigenvalue weighted by atomic mass is 10.1. The Hall–Kier alpha value is -3.74. The van der Waals surface area contributed by atoms with E-state index >= 15 is 0 Å². The van der Waals surface area contributed by atoms with Crippen LogP contribution in [0, 0.1) is 0 Å². The van der Waals surface area contributed by atoms with Crippen LogP contribution in [-0.4, -0.2) is 29.0 Å². The number of carbonyl (C=O) groups excluding carboxylic acids is 1. The van der Waals surface area contributed by atoms with Gasteiger partial charge in [0.25, 0.3) is 0 Å². The molecule has 0 aliphatic heterocycles. The average molecular weight is 381 g/mol. The number of esters is 1. The molecule has 28 heavy (non-hydrogen) atoms. The summed E-state index contributed by atoms with van der Waals surface area (Å²) >= 11 is 0. The molecule has 0 spiro atoms. The van der Waals surface area contributed by atoms with Crippen molar-refractivity contribution in [2.45, 2.75) is 6.92 Å². The molecule has 0 saturated carbocycles. The molecular weight excluding hydrogens is 362 g/mol. The molecule has 7 heteroatoms. The van der Waals surface area contributed by atoms with Gasteiger partial charge in [-0.25, -0.2) is 4.79 Å². The molecule has 2 aromatic carbocycles. The van der Waals surface area contributed by atoms with Crippen molar-refractivity contribution in [3.8, 4) is 17.2 Å². The summed E-state index contributed by atoms with van der Waals surface area (Å²) in [7, 11) is 0. The summed E-state index contributed by atoms with van der Waals surface area (Å²) in [6, 6.07) is 13.8. The van der Waals surface area contributed by atoms with Gasteiger partial charge in [0.05, 0.1) is 12.1 Å². The Balaban J connectivity index is 2.18. The number of rotatable bonds is 7. The summed E-state index contributed by atoms with van der Waals surface area (Å²) in [5, 5.41) is 10.8. The molecule has 0 amide bonds. The lowest BCUT2D eigenvalue weighted by Gasteiger charge is -2.15. The molecule has 1 N–H and O–H groups in total. The summed E-state index contributed by atoms with van der Waals surface area (Å²) in [6.07, 6.45) is 1.46. The van der Waals surface area contributed by atoms with E-state index in [0.29, 0.717) is 11.5 Å². The smallest absolute Gasteiger partial charge is 0.347 e. The first-order valence-electron chi connectivity index (χ1n) is 8.62. The van der Waals surface area contributed by atoms with E-state index in [1.165, 1.54) is 12.1 Å². The van der Waals surface area contributed by atoms with Crippen molar-refractivity contribution >= 4 is 16.9 Å². The van der Waals surface area contributed by atoms with Gasteiger partial charge in [-0.15, -0.1) is 4.73 Å². The van der Waals surface area contributed by atoms with Gasteiger partial charge in [-0.05, 0) is 37.3 Å². The normalized spacial score (nSPS) is 10.5. The quantitative estimate of drug-likeness (QED) is 0.499. The third-order valence-corrected chi connectivity index (χ3v) is 3.86. The Labute approximate surface area is 161 Å². The topological polar surface area (TPSA) is 87.0 Å². The third-order valence-electron chi connectivity index (χ3n) is 3.86. The van der Waals surface area contributed by atoms with Crippen molar-refractivity contribution in [1.82, 2.24) is 4.73 Å². The highest BCUT2D eigenvalue weighted by Gasteiger charge is 2.24. The average Bonchev–Trinajstić information content (AvgIpc) is 2.69. The highest BCUT2D eigenvalue weighted by Crippen LogP contribution is 2.31. The lowest BCUT2D eigenvalue weighted by molar-refractivity contribution is 0.0513. The number of hydrogen-bond donors (Lipinski definition) is 1. The van der Waals surface area contributed by atoms with Gasteiger partial charge in [-0.1, -0.05) is 30.9 Å². The Morgan fingerprint density at radius 3 is 2.61 bits per heavy atom. The van der Waals surface area contributed by atoms with Crippen LogP contribution >= 0.6 is 0 Å². The van der Waals surface area contributed by atoms with Gasteiger partial charge in [0.1, 0.15) is 23.9 Å². The number of fused-ring (bicyclic) bond motifs is 1. The zero-order valence-electron chi connectivity index (χ0n) is 15.3. The van der Waals surface area contributed by atoms with Gasteiger partial charge in [-0.2, -0.15) is 0 Å². The van der Waals surface area contributed by atoms with Gasteiger partial charge >= 0.3 is 11.5 Å². The predicted molar refractivity (Wildman–Crippen MR) is 104 cm³/mol. The standard InChI is InChI=1S/C21H19NO6/c1-3-12-27-22-17-11-10-15(28-14-8-6-5-7-9-14)13-16(17)19(23)18(20(22)24)21(25)26-4-2/h3,5-11,13,23H,1,4,12H2,2H3. The van der Waals surface area contributed by atoms with Gasteiger partial charge in [0.2, 0.25) is 0 Å². The van der Waals surface area contributed by atoms with Crippen LogP contribution in [0.5, 0.6) is 17.2 Å². The summed E-state index contributed by atoms with van der Waals surface area (Å²) in [5.41, 5.74) is -1.05.